The zero-order chi connectivity index (χ0) is 11.0. The largest absolute Gasteiger partial charge is 0.252 e. The van der Waals surface area contributed by atoms with Crippen LogP contribution >= 0.6 is 0 Å². The molecule has 16 heavy (non-hydrogen) atoms. The SMILES string of the molecule is Cc1ccc(-c2cnc3ncnn3c2)cc1. The van der Waals surface area contributed by atoms with Crippen LogP contribution in [0.2, 0.25) is 0 Å². The number of nitrogens with zero attached hydrogens (tertiary/aromatic N) is 4. The zero-order valence-corrected chi connectivity index (χ0v) is 8.83. The van der Waals surface area contributed by atoms with Gasteiger partial charge in [0.1, 0.15) is 6.33 Å². The molecule has 0 atom stereocenters. The van der Waals surface area contributed by atoms with E-state index in [1.54, 1.807) is 4.52 Å². The molecule has 0 aliphatic heterocycles. The van der Waals surface area contributed by atoms with Gasteiger partial charge >= 0.3 is 0 Å². The Hall–Kier alpha value is -2.23. The third-order valence-corrected chi connectivity index (χ3v) is 2.52. The highest BCUT2D eigenvalue weighted by Gasteiger charge is 2.01. The highest BCUT2D eigenvalue weighted by Crippen LogP contribution is 2.18. The maximum absolute atomic E-state index is 4.23. The van der Waals surface area contributed by atoms with E-state index in [4.69, 9.17) is 0 Å². The van der Waals surface area contributed by atoms with Crippen LogP contribution in [0.15, 0.2) is 43.0 Å². The van der Waals surface area contributed by atoms with Crippen molar-refractivity contribution in [1.29, 1.82) is 0 Å². The third kappa shape index (κ3) is 1.44. The molecule has 0 N–H and O–H groups in total. The van der Waals surface area contributed by atoms with E-state index in [2.05, 4.69) is 46.3 Å². The standard InChI is InChI=1S/C12H10N4/c1-9-2-4-10(5-3-9)11-6-13-12-14-8-15-16(12)7-11/h2-8H,1H3. The Kier molecular flexibility index (Phi) is 1.93. The Morgan fingerprint density at radius 3 is 2.62 bits per heavy atom. The average Bonchev–Trinajstić information content (AvgIpc) is 2.77. The van der Waals surface area contributed by atoms with E-state index in [9.17, 15) is 0 Å². The van der Waals surface area contributed by atoms with E-state index in [1.807, 2.05) is 12.4 Å². The van der Waals surface area contributed by atoms with Gasteiger partial charge in [0.2, 0.25) is 0 Å². The van der Waals surface area contributed by atoms with Crippen LogP contribution in [-0.4, -0.2) is 19.6 Å². The molecule has 1 aromatic carbocycles. The molecule has 0 fully saturated rings. The first-order chi connectivity index (χ1) is 7.83. The lowest BCUT2D eigenvalue weighted by atomic mass is 10.1. The molecule has 0 radical (unpaired) electrons. The first kappa shape index (κ1) is 9.03. The lowest BCUT2D eigenvalue weighted by Gasteiger charge is -2.01. The zero-order valence-electron chi connectivity index (χ0n) is 8.83. The summed E-state index contributed by atoms with van der Waals surface area (Å²) < 4.78 is 1.68. The Balaban J connectivity index is 2.14. The van der Waals surface area contributed by atoms with Crippen LogP contribution in [0.1, 0.15) is 5.56 Å². The number of hydrogen-bond donors (Lipinski definition) is 0. The van der Waals surface area contributed by atoms with Gasteiger partial charge in [-0.05, 0) is 12.5 Å². The normalized spacial score (nSPS) is 10.8. The van der Waals surface area contributed by atoms with E-state index in [-0.39, 0.29) is 0 Å². The Morgan fingerprint density at radius 2 is 1.81 bits per heavy atom. The number of benzene rings is 1. The van der Waals surface area contributed by atoms with Gasteiger partial charge in [-0.15, -0.1) is 0 Å². The van der Waals surface area contributed by atoms with Crippen molar-refractivity contribution < 1.29 is 0 Å². The second-order valence-corrected chi connectivity index (χ2v) is 3.71. The monoisotopic (exact) mass is 210 g/mol. The molecule has 0 bridgehead atoms. The quantitative estimate of drug-likeness (QED) is 0.617. The van der Waals surface area contributed by atoms with Crippen LogP contribution in [0, 0.1) is 6.92 Å². The van der Waals surface area contributed by atoms with Crippen LogP contribution in [0.3, 0.4) is 0 Å². The molecule has 2 heterocycles. The highest BCUT2D eigenvalue weighted by atomic mass is 15.3. The minimum atomic E-state index is 0.621. The average molecular weight is 210 g/mol. The van der Waals surface area contributed by atoms with Crippen molar-refractivity contribution in [3.8, 4) is 11.1 Å². The van der Waals surface area contributed by atoms with Gasteiger partial charge in [0, 0.05) is 18.0 Å². The number of aryl methyl sites for hydroxylation is 1. The lowest BCUT2D eigenvalue weighted by molar-refractivity contribution is 0.941. The van der Waals surface area contributed by atoms with Crippen LogP contribution in [-0.2, 0) is 0 Å². The molecule has 0 saturated carbocycles. The molecule has 0 spiro atoms. The summed E-state index contributed by atoms with van der Waals surface area (Å²) in [5.41, 5.74) is 3.42. The van der Waals surface area contributed by atoms with Gasteiger partial charge in [-0.25, -0.2) is 9.50 Å². The summed E-state index contributed by atoms with van der Waals surface area (Å²) in [6.07, 6.45) is 5.25. The molecule has 0 aliphatic carbocycles. The van der Waals surface area contributed by atoms with Crippen LogP contribution in [0.25, 0.3) is 16.9 Å². The van der Waals surface area contributed by atoms with Crippen molar-refractivity contribution in [2.75, 3.05) is 0 Å². The number of hydrogen-bond acceptors (Lipinski definition) is 3. The third-order valence-electron chi connectivity index (χ3n) is 2.52. The van der Waals surface area contributed by atoms with Crippen molar-refractivity contribution >= 4 is 5.78 Å². The van der Waals surface area contributed by atoms with Crippen molar-refractivity contribution in [1.82, 2.24) is 19.6 Å². The molecule has 4 heteroatoms. The first-order valence-electron chi connectivity index (χ1n) is 5.05. The predicted molar refractivity (Wildman–Crippen MR) is 61.0 cm³/mol. The maximum atomic E-state index is 4.23. The molecule has 0 aliphatic rings. The van der Waals surface area contributed by atoms with Gasteiger partial charge in [0.05, 0.1) is 0 Å². The maximum Gasteiger partial charge on any atom is 0.252 e. The minimum absolute atomic E-state index is 0.621. The Labute approximate surface area is 92.6 Å². The van der Waals surface area contributed by atoms with E-state index >= 15 is 0 Å². The van der Waals surface area contributed by atoms with Gasteiger partial charge in [-0.2, -0.15) is 10.1 Å². The fraction of sp³-hybridized carbons (Fsp3) is 0.0833. The topological polar surface area (TPSA) is 43.1 Å². The minimum Gasteiger partial charge on any atom is -0.219 e. The molecule has 4 nitrogen and oxygen atoms in total. The summed E-state index contributed by atoms with van der Waals surface area (Å²) in [5.74, 6) is 0.621. The summed E-state index contributed by atoms with van der Waals surface area (Å²) in [6.45, 7) is 2.07. The molecule has 0 unspecified atom stereocenters. The molecular formula is C12H10N4. The van der Waals surface area contributed by atoms with E-state index < -0.39 is 0 Å². The van der Waals surface area contributed by atoms with Crippen molar-refractivity contribution in [2.24, 2.45) is 0 Å². The van der Waals surface area contributed by atoms with E-state index in [0.717, 1.165) is 11.1 Å². The molecule has 3 aromatic rings. The van der Waals surface area contributed by atoms with Gasteiger partial charge in [-0.3, -0.25) is 0 Å². The molecule has 78 valence electrons. The van der Waals surface area contributed by atoms with Gasteiger partial charge in [0.25, 0.3) is 5.78 Å². The van der Waals surface area contributed by atoms with E-state index in [0.29, 0.717) is 5.78 Å². The number of fused-ring (bicyclic) bond motifs is 1. The Bertz CT molecular complexity index is 625. The molecule has 0 amide bonds. The number of aromatic nitrogens is 4. The molecule has 0 saturated heterocycles. The first-order valence-corrected chi connectivity index (χ1v) is 5.05. The number of rotatable bonds is 1. The Morgan fingerprint density at radius 1 is 1.00 bits per heavy atom. The van der Waals surface area contributed by atoms with Crippen LogP contribution in [0.5, 0.6) is 0 Å². The van der Waals surface area contributed by atoms with Gasteiger partial charge < -0.3 is 0 Å². The van der Waals surface area contributed by atoms with Crippen molar-refractivity contribution in [3.05, 3.63) is 48.5 Å². The molecular weight excluding hydrogens is 200 g/mol. The van der Waals surface area contributed by atoms with Crippen LogP contribution < -0.4 is 0 Å². The summed E-state index contributed by atoms with van der Waals surface area (Å²) >= 11 is 0. The summed E-state index contributed by atoms with van der Waals surface area (Å²) in [7, 11) is 0. The lowest BCUT2D eigenvalue weighted by Crippen LogP contribution is -1.91. The smallest absolute Gasteiger partial charge is 0.219 e. The second kappa shape index (κ2) is 3.41. The fourth-order valence-electron chi connectivity index (χ4n) is 1.61. The highest BCUT2D eigenvalue weighted by molar-refractivity contribution is 5.62. The van der Waals surface area contributed by atoms with Gasteiger partial charge in [-0.1, -0.05) is 29.8 Å². The van der Waals surface area contributed by atoms with E-state index in [1.165, 1.54) is 11.9 Å². The van der Waals surface area contributed by atoms with Crippen molar-refractivity contribution in [3.63, 3.8) is 0 Å². The summed E-state index contributed by atoms with van der Waals surface area (Å²) in [6, 6.07) is 8.33. The van der Waals surface area contributed by atoms with Crippen molar-refractivity contribution in [2.45, 2.75) is 6.92 Å². The fourth-order valence-corrected chi connectivity index (χ4v) is 1.61. The molecule has 2 aromatic heterocycles. The predicted octanol–water partition coefficient (Wildman–Crippen LogP) is 2.10. The summed E-state index contributed by atoms with van der Waals surface area (Å²) in [5, 5.41) is 4.07. The van der Waals surface area contributed by atoms with Gasteiger partial charge in [0.15, 0.2) is 0 Å². The summed E-state index contributed by atoms with van der Waals surface area (Å²) in [4.78, 5) is 8.24. The second-order valence-electron chi connectivity index (χ2n) is 3.71. The van der Waals surface area contributed by atoms with Crippen LogP contribution in [0.4, 0.5) is 0 Å². The molecule has 3 rings (SSSR count).